The summed E-state index contributed by atoms with van der Waals surface area (Å²) in [4.78, 5) is 68.4. The van der Waals surface area contributed by atoms with Crippen LogP contribution in [0.4, 0.5) is 16.2 Å². The van der Waals surface area contributed by atoms with Gasteiger partial charge in [-0.2, -0.15) is 0 Å². The van der Waals surface area contributed by atoms with Crippen LogP contribution in [0.25, 0.3) is 0 Å². The van der Waals surface area contributed by atoms with Crippen molar-refractivity contribution < 1.29 is 33.1 Å². The Hall–Kier alpha value is -5.51. The molecule has 2 heterocycles. The molecule has 3 amide bonds. The second-order valence-electron chi connectivity index (χ2n) is 10.8. The number of ketones is 2. The number of fused-ring (bicyclic) bond motifs is 1. The average Bonchev–Trinajstić information content (AvgIpc) is 3.54. The molecule has 10 nitrogen and oxygen atoms in total. The number of benzene rings is 3. The number of esters is 1. The van der Waals surface area contributed by atoms with Crippen LogP contribution in [-0.4, -0.2) is 48.7 Å². The van der Waals surface area contributed by atoms with E-state index in [1.807, 2.05) is 32.0 Å². The van der Waals surface area contributed by atoms with Crippen LogP contribution in [0.2, 0.25) is 0 Å². The molecular formula is C35H33N3O7. The Kier molecular flexibility index (Phi) is 9.22. The Balaban J connectivity index is 1.50. The van der Waals surface area contributed by atoms with Crippen LogP contribution in [0, 0.1) is 13.8 Å². The molecule has 2 atom stereocenters. The first-order valence-electron chi connectivity index (χ1n) is 14.6. The number of Topliss-reactive ketones (excluding diaryl/α,β-unsaturated/α-hetero) is 2. The largest absolute Gasteiger partial charge is 0.462 e. The number of amides is 3. The smallest absolute Gasteiger partial charge is 0.338 e. The zero-order valence-electron chi connectivity index (χ0n) is 25.2. The third-order valence-corrected chi connectivity index (χ3v) is 7.65. The van der Waals surface area contributed by atoms with Gasteiger partial charge in [0, 0.05) is 16.9 Å². The van der Waals surface area contributed by atoms with Crippen LogP contribution >= 0.6 is 0 Å². The van der Waals surface area contributed by atoms with Crippen LogP contribution in [0.1, 0.15) is 67.2 Å². The summed E-state index contributed by atoms with van der Waals surface area (Å²) in [5.41, 5.74) is 3.56. The molecule has 2 unspecified atom stereocenters. The van der Waals surface area contributed by atoms with Gasteiger partial charge in [0.15, 0.2) is 11.5 Å². The fourth-order valence-corrected chi connectivity index (χ4v) is 5.45. The number of rotatable bonds is 9. The van der Waals surface area contributed by atoms with Gasteiger partial charge in [0.05, 0.1) is 30.9 Å². The Labute approximate surface area is 260 Å². The number of furan rings is 1. The van der Waals surface area contributed by atoms with Crippen molar-refractivity contribution in [1.82, 2.24) is 5.32 Å². The molecule has 0 saturated heterocycles. The SMILES string of the molecule is CCOC(=O)c1cccc(NC(=O)NC2CC(C(=O)c3ccco3)c3ccc(C)cc3N(CC(=O)c3ccccc3C)C2=O)c1. The maximum Gasteiger partial charge on any atom is 0.338 e. The average molecular weight is 608 g/mol. The van der Waals surface area contributed by atoms with Gasteiger partial charge in [-0.1, -0.05) is 42.5 Å². The van der Waals surface area contributed by atoms with E-state index in [9.17, 15) is 24.0 Å². The van der Waals surface area contributed by atoms with E-state index < -0.39 is 29.9 Å². The minimum Gasteiger partial charge on any atom is -0.462 e. The second kappa shape index (κ2) is 13.4. The summed E-state index contributed by atoms with van der Waals surface area (Å²) >= 11 is 0. The van der Waals surface area contributed by atoms with Gasteiger partial charge < -0.3 is 24.7 Å². The van der Waals surface area contributed by atoms with Crippen molar-refractivity contribution in [2.45, 2.75) is 39.2 Å². The molecule has 0 spiro atoms. The number of nitrogens with zero attached hydrogens (tertiary/aromatic N) is 1. The molecule has 0 saturated carbocycles. The normalized spacial score (nSPS) is 15.9. The van der Waals surface area contributed by atoms with E-state index in [1.54, 1.807) is 61.5 Å². The van der Waals surface area contributed by atoms with Gasteiger partial charge in [-0.15, -0.1) is 0 Å². The minimum absolute atomic E-state index is 0.0836. The van der Waals surface area contributed by atoms with Crippen molar-refractivity contribution >= 4 is 40.8 Å². The van der Waals surface area contributed by atoms with Gasteiger partial charge in [-0.25, -0.2) is 9.59 Å². The zero-order chi connectivity index (χ0) is 32.1. The third kappa shape index (κ3) is 6.85. The van der Waals surface area contributed by atoms with Crippen LogP contribution in [0.15, 0.2) is 89.5 Å². The number of hydrogen-bond donors (Lipinski definition) is 2. The molecule has 10 heteroatoms. The van der Waals surface area contributed by atoms with E-state index in [0.717, 1.165) is 11.1 Å². The van der Waals surface area contributed by atoms with Gasteiger partial charge in [-0.05, 0) is 80.3 Å². The Morgan fingerprint density at radius 3 is 2.49 bits per heavy atom. The van der Waals surface area contributed by atoms with E-state index in [0.29, 0.717) is 22.5 Å². The van der Waals surface area contributed by atoms with Gasteiger partial charge in [0.1, 0.15) is 6.04 Å². The summed E-state index contributed by atoms with van der Waals surface area (Å²) in [5, 5.41) is 5.37. The first kappa shape index (κ1) is 30.9. The molecule has 0 aliphatic carbocycles. The molecule has 1 aliphatic heterocycles. The molecule has 230 valence electrons. The lowest BCUT2D eigenvalue weighted by atomic mass is 9.87. The number of anilines is 2. The first-order chi connectivity index (χ1) is 21.7. The van der Waals surface area contributed by atoms with Crippen molar-refractivity contribution in [1.29, 1.82) is 0 Å². The van der Waals surface area contributed by atoms with E-state index in [1.165, 1.54) is 17.2 Å². The molecule has 5 rings (SSSR count). The highest BCUT2D eigenvalue weighted by molar-refractivity contribution is 6.11. The number of carbonyl (C=O) groups is 5. The lowest BCUT2D eigenvalue weighted by Crippen LogP contribution is -2.50. The number of carbonyl (C=O) groups excluding carboxylic acids is 5. The van der Waals surface area contributed by atoms with Crippen LogP contribution < -0.4 is 15.5 Å². The highest BCUT2D eigenvalue weighted by Gasteiger charge is 2.40. The van der Waals surface area contributed by atoms with Crippen molar-refractivity contribution in [3.63, 3.8) is 0 Å². The molecule has 1 aliphatic rings. The summed E-state index contributed by atoms with van der Waals surface area (Å²) in [7, 11) is 0. The predicted molar refractivity (Wildman–Crippen MR) is 168 cm³/mol. The number of ether oxygens (including phenoxy) is 1. The molecule has 0 bridgehead atoms. The molecule has 3 aromatic carbocycles. The van der Waals surface area contributed by atoms with Crippen molar-refractivity contribution in [3.05, 3.63) is 119 Å². The summed E-state index contributed by atoms with van der Waals surface area (Å²) < 4.78 is 10.5. The van der Waals surface area contributed by atoms with Crippen molar-refractivity contribution in [3.8, 4) is 0 Å². The topological polar surface area (TPSA) is 135 Å². The molecule has 2 N–H and O–H groups in total. The second-order valence-corrected chi connectivity index (χ2v) is 10.8. The Bertz CT molecular complexity index is 1760. The van der Waals surface area contributed by atoms with Gasteiger partial charge >= 0.3 is 12.0 Å². The lowest BCUT2D eigenvalue weighted by molar-refractivity contribution is -0.120. The molecule has 0 fully saturated rings. The molecule has 45 heavy (non-hydrogen) atoms. The van der Waals surface area contributed by atoms with Gasteiger partial charge in [-0.3, -0.25) is 14.4 Å². The highest BCUT2D eigenvalue weighted by atomic mass is 16.5. The molecule has 4 aromatic rings. The summed E-state index contributed by atoms with van der Waals surface area (Å²) in [5.74, 6) is -2.49. The molecular weight excluding hydrogens is 574 g/mol. The quantitative estimate of drug-likeness (QED) is 0.180. The number of nitrogens with one attached hydrogen (secondary N) is 2. The Morgan fingerprint density at radius 1 is 0.956 bits per heavy atom. The number of urea groups is 1. The fraction of sp³-hybridized carbons (Fsp3) is 0.229. The van der Waals surface area contributed by atoms with Crippen LogP contribution in [0.5, 0.6) is 0 Å². The first-order valence-corrected chi connectivity index (χ1v) is 14.6. The number of hydrogen-bond acceptors (Lipinski definition) is 7. The van der Waals surface area contributed by atoms with E-state index >= 15 is 0 Å². The highest BCUT2D eigenvalue weighted by Crippen LogP contribution is 2.38. The van der Waals surface area contributed by atoms with Crippen LogP contribution in [0.3, 0.4) is 0 Å². The molecule has 1 aromatic heterocycles. The third-order valence-electron chi connectivity index (χ3n) is 7.65. The van der Waals surface area contributed by atoms with E-state index in [2.05, 4.69) is 10.6 Å². The maximum absolute atomic E-state index is 14.3. The lowest BCUT2D eigenvalue weighted by Gasteiger charge is -2.26. The van der Waals surface area contributed by atoms with Crippen molar-refractivity contribution in [2.75, 3.05) is 23.4 Å². The van der Waals surface area contributed by atoms with Gasteiger partial charge in [0.25, 0.3) is 0 Å². The zero-order valence-corrected chi connectivity index (χ0v) is 25.2. The van der Waals surface area contributed by atoms with Crippen molar-refractivity contribution in [2.24, 2.45) is 0 Å². The molecule has 0 radical (unpaired) electrons. The maximum atomic E-state index is 14.3. The minimum atomic E-state index is -1.19. The number of aryl methyl sites for hydroxylation is 2. The standard InChI is InChI=1S/C35H33N3O7/c1-4-44-34(42)23-10-7-11-24(18-23)36-35(43)37-28-19-27(32(40)31-13-8-16-45-31)26-15-14-21(2)17-29(26)38(33(28)41)20-30(39)25-12-6-5-9-22(25)3/h5-18,27-28H,4,19-20H2,1-3H3,(H2,36,37,43). The van der Waals surface area contributed by atoms with Gasteiger partial charge in [0.2, 0.25) is 11.7 Å². The fourth-order valence-electron chi connectivity index (χ4n) is 5.45. The van der Waals surface area contributed by atoms with Crippen LogP contribution in [-0.2, 0) is 9.53 Å². The summed E-state index contributed by atoms with van der Waals surface area (Å²) in [6.07, 6.45) is 1.31. The van der Waals surface area contributed by atoms with E-state index in [-0.39, 0.29) is 42.5 Å². The Morgan fingerprint density at radius 2 is 1.76 bits per heavy atom. The van der Waals surface area contributed by atoms with E-state index in [4.69, 9.17) is 9.15 Å². The monoisotopic (exact) mass is 607 g/mol. The summed E-state index contributed by atoms with van der Waals surface area (Å²) in [6, 6.07) is 19.9. The summed E-state index contributed by atoms with van der Waals surface area (Å²) in [6.45, 7) is 5.26. The predicted octanol–water partition coefficient (Wildman–Crippen LogP) is 5.85.